The van der Waals surface area contributed by atoms with Crippen LogP contribution in [-0.4, -0.2) is 76.7 Å². The van der Waals surface area contributed by atoms with Crippen molar-refractivity contribution < 1.29 is 29.0 Å². The molecule has 4 rings (SSSR count). The standard InChI is InChI=1S/C32H43BrN2O6/c1-5-7-12-19-40-31(39)24-25-29(37)35(17-10-8-9-11-18-36)28(32(25)20-23(33)27(24)41-32)30(38)34(16-6-2)26-21(3)14-13-15-22(26)4/h5-6,13-15,23-25,27-28,36H,1-2,7-12,16-20H2,3-4H3/t23?,24-,25+,27-,28?,32?/m1/s1. The largest absolute Gasteiger partial charge is 0.465 e. The number of amides is 2. The number of allylic oxidation sites excluding steroid dienone is 1. The van der Waals surface area contributed by atoms with Crippen molar-refractivity contribution in [2.24, 2.45) is 11.8 Å². The number of hydrogen-bond acceptors (Lipinski definition) is 6. The Morgan fingerprint density at radius 3 is 2.54 bits per heavy atom. The van der Waals surface area contributed by atoms with Crippen LogP contribution in [0.1, 0.15) is 56.1 Å². The minimum absolute atomic E-state index is 0.125. The van der Waals surface area contributed by atoms with Crippen LogP contribution in [0, 0.1) is 25.7 Å². The van der Waals surface area contributed by atoms with E-state index in [1.165, 1.54) is 0 Å². The van der Waals surface area contributed by atoms with E-state index in [9.17, 15) is 19.5 Å². The van der Waals surface area contributed by atoms with E-state index < -0.39 is 35.6 Å². The van der Waals surface area contributed by atoms with E-state index in [1.54, 1.807) is 22.0 Å². The second-order valence-electron chi connectivity index (χ2n) is 11.4. The molecule has 2 amide bonds. The summed E-state index contributed by atoms with van der Waals surface area (Å²) >= 11 is 3.72. The molecule has 3 unspecified atom stereocenters. The number of anilines is 1. The van der Waals surface area contributed by atoms with Crippen LogP contribution in [0.3, 0.4) is 0 Å². The molecule has 3 aliphatic rings. The van der Waals surface area contributed by atoms with Gasteiger partial charge in [-0.15, -0.1) is 13.2 Å². The van der Waals surface area contributed by atoms with Crippen LogP contribution in [0.25, 0.3) is 0 Å². The zero-order valence-corrected chi connectivity index (χ0v) is 25.8. The maximum absolute atomic E-state index is 14.7. The molecule has 1 spiro atoms. The van der Waals surface area contributed by atoms with Crippen LogP contribution in [0.15, 0.2) is 43.5 Å². The zero-order chi connectivity index (χ0) is 29.7. The lowest BCUT2D eigenvalue weighted by molar-refractivity contribution is -0.155. The number of likely N-dealkylation sites (tertiary alicyclic amines) is 1. The summed E-state index contributed by atoms with van der Waals surface area (Å²) in [6.45, 7) is 12.6. The minimum atomic E-state index is -1.14. The predicted molar refractivity (Wildman–Crippen MR) is 162 cm³/mol. The maximum Gasteiger partial charge on any atom is 0.312 e. The molecule has 224 valence electrons. The summed E-state index contributed by atoms with van der Waals surface area (Å²) < 4.78 is 12.3. The van der Waals surface area contributed by atoms with Crippen LogP contribution < -0.4 is 4.90 Å². The molecule has 6 atom stereocenters. The highest BCUT2D eigenvalue weighted by Gasteiger charge is 2.77. The van der Waals surface area contributed by atoms with E-state index in [2.05, 4.69) is 29.1 Å². The lowest BCUT2D eigenvalue weighted by Gasteiger charge is -2.37. The van der Waals surface area contributed by atoms with Crippen molar-refractivity contribution in [2.45, 2.75) is 81.4 Å². The van der Waals surface area contributed by atoms with Gasteiger partial charge in [-0.1, -0.05) is 59.1 Å². The van der Waals surface area contributed by atoms with Crippen molar-refractivity contribution >= 4 is 39.4 Å². The van der Waals surface area contributed by atoms with E-state index in [0.29, 0.717) is 32.2 Å². The number of ether oxygens (including phenoxy) is 2. The third kappa shape index (κ3) is 5.90. The van der Waals surface area contributed by atoms with E-state index in [-0.39, 0.29) is 36.4 Å². The van der Waals surface area contributed by atoms with Crippen molar-refractivity contribution in [3.8, 4) is 0 Å². The number of alkyl halides is 1. The molecule has 8 nitrogen and oxygen atoms in total. The Morgan fingerprint density at radius 1 is 1.17 bits per heavy atom. The van der Waals surface area contributed by atoms with Crippen molar-refractivity contribution in [3.05, 3.63) is 54.6 Å². The first-order valence-corrected chi connectivity index (χ1v) is 15.6. The summed E-state index contributed by atoms with van der Waals surface area (Å²) in [5.74, 6) is -2.47. The first kappa shape index (κ1) is 31.4. The van der Waals surface area contributed by atoms with Gasteiger partial charge in [0.05, 0.1) is 24.5 Å². The molecule has 3 aliphatic heterocycles. The number of esters is 1. The van der Waals surface area contributed by atoms with Crippen LogP contribution >= 0.6 is 15.9 Å². The van der Waals surface area contributed by atoms with E-state index >= 15 is 0 Å². The smallest absolute Gasteiger partial charge is 0.312 e. The fourth-order valence-electron chi connectivity index (χ4n) is 6.96. The molecule has 1 aromatic rings. The number of aryl methyl sites for hydroxylation is 2. The van der Waals surface area contributed by atoms with E-state index in [0.717, 1.165) is 36.1 Å². The Balaban J connectivity index is 1.72. The van der Waals surface area contributed by atoms with Crippen molar-refractivity contribution in [1.29, 1.82) is 0 Å². The Labute approximate surface area is 251 Å². The predicted octanol–water partition coefficient (Wildman–Crippen LogP) is 4.63. The van der Waals surface area contributed by atoms with Crippen molar-refractivity contribution in [1.82, 2.24) is 4.90 Å². The quantitative estimate of drug-likeness (QED) is 0.131. The Morgan fingerprint density at radius 2 is 1.88 bits per heavy atom. The maximum atomic E-state index is 14.7. The molecule has 3 saturated heterocycles. The van der Waals surface area contributed by atoms with Gasteiger partial charge in [-0.3, -0.25) is 14.4 Å². The normalized spacial score (nSPS) is 28.0. The van der Waals surface area contributed by atoms with Gasteiger partial charge in [0.1, 0.15) is 11.6 Å². The Kier molecular flexibility index (Phi) is 10.5. The number of carbonyl (C=O) groups excluding carboxylic acids is 3. The lowest BCUT2D eigenvalue weighted by atomic mass is 9.70. The summed E-state index contributed by atoms with van der Waals surface area (Å²) in [6, 6.07) is 5.01. The number of para-hydroxylation sites is 1. The first-order valence-electron chi connectivity index (χ1n) is 14.7. The van der Waals surface area contributed by atoms with Gasteiger partial charge in [0.2, 0.25) is 5.91 Å². The van der Waals surface area contributed by atoms with Crippen LogP contribution in [0.2, 0.25) is 0 Å². The number of aliphatic hydroxyl groups excluding tert-OH is 1. The lowest BCUT2D eigenvalue weighted by Crippen LogP contribution is -2.57. The number of fused-ring (bicyclic) bond motifs is 1. The van der Waals surface area contributed by atoms with Gasteiger partial charge in [0.15, 0.2) is 0 Å². The molecule has 41 heavy (non-hydrogen) atoms. The van der Waals surface area contributed by atoms with Gasteiger partial charge >= 0.3 is 5.97 Å². The van der Waals surface area contributed by atoms with Gasteiger partial charge in [-0.25, -0.2) is 0 Å². The third-order valence-electron chi connectivity index (χ3n) is 8.69. The third-order valence-corrected chi connectivity index (χ3v) is 9.53. The van der Waals surface area contributed by atoms with Gasteiger partial charge in [-0.05, 0) is 57.1 Å². The number of unbranched alkanes of at least 4 members (excludes halogenated alkanes) is 4. The number of carbonyl (C=O) groups is 3. The monoisotopic (exact) mass is 630 g/mol. The highest BCUT2D eigenvalue weighted by molar-refractivity contribution is 9.09. The summed E-state index contributed by atoms with van der Waals surface area (Å²) in [4.78, 5) is 45.6. The summed E-state index contributed by atoms with van der Waals surface area (Å²) in [5.41, 5.74) is 1.56. The molecule has 0 saturated carbocycles. The van der Waals surface area contributed by atoms with E-state index in [1.807, 2.05) is 32.0 Å². The first-order chi connectivity index (χ1) is 19.7. The fraction of sp³-hybridized carbons (Fsp3) is 0.594. The summed E-state index contributed by atoms with van der Waals surface area (Å²) in [6.07, 6.45) is 7.77. The number of halogens is 1. The number of aliphatic hydroxyl groups is 1. The molecule has 9 heteroatoms. The highest BCUT2D eigenvalue weighted by Crippen LogP contribution is 2.60. The topological polar surface area (TPSA) is 96.4 Å². The molecule has 2 bridgehead atoms. The summed E-state index contributed by atoms with van der Waals surface area (Å²) in [5, 5.41) is 9.18. The molecule has 3 heterocycles. The summed E-state index contributed by atoms with van der Waals surface area (Å²) in [7, 11) is 0. The van der Waals surface area contributed by atoms with Crippen LogP contribution in [0.4, 0.5) is 5.69 Å². The van der Waals surface area contributed by atoms with Gasteiger partial charge in [0.25, 0.3) is 5.91 Å². The highest BCUT2D eigenvalue weighted by atomic mass is 79.9. The molecule has 1 aromatic carbocycles. The molecule has 0 radical (unpaired) electrons. The van der Waals surface area contributed by atoms with Crippen LogP contribution in [0.5, 0.6) is 0 Å². The SMILES string of the molecule is C=CCCCOC(=O)[C@H]1[C@@H]2OC3(CC2Br)C(C(=O)N(CC=C)c2c(C)cccc2C)N(CCCCCCO)C(=O)[C@H]13. The molecule has 0 aromatic heterocycles. The molecular formula is C32H43BrN2O6. The fourth-order valence-corrected chi connectivity index (χ4v) is 7.91. The van der Waals surface area contributed by atoms with Crippen LogP contribution in [-0.2, 0) is 23.9 Å². The molecule has 0 aliphatic carbocycles. The minimum Gasteiger partial charge on any atom is -0.465 e. The average molecular weight is 632 g/mol. The second kappa shape index (κ2) is 13.7. The number of hydrogen-bond donors (Lipinski definition) is 1. The number of nitrogens with zero attached hydrogens (tertiary/aromatic N) is 2. The zero-order valence-electron chi connectivity index (χ0n) is 24.2. The van der Waals surface area contributed by atoms with E-state index in [4.69, 9.17) is 9.47 Å². The molecule has 1 N–H and O–H groups in total. The Bertz CT molecular complexity index is 1140. The average Bonchev–Trinajstić information content (AvgIpc) is 3.53. The number of rotatable bonds is 15. The van der Waals surface area contributed by atoms with Gasteiger partial charge < -0.3 is 24.4 Å². The van der Waals surface area contributed by atoms with Crippen molar-refractivity contribution in [2.75, 3.05) is 31.2 Å². The van der Waals surface area contributed by atoms with Crippen molar-refractivity contribution in [3.63, 3.8) is 0 Å². The number of benzene rings is 1. The van der Waals surface area contributed by atoms with Gasteiger partial charge in [0, 0.05) is 30.2 Å². The van der Waals surface area contributed by atoms with Gasteiger partial charge in [-0.2, -0.15) is 0 Å². The molecule has 3 fully saturated rings. The molecular weight excluding hydrogens is 588 g/mol. The Hall–Kier alpha value is -2.49. The second-order valence-corrected chi connectivity index (χ2v) is 12.6.